The first kappa shape index (κ1) is 19.2. The number of aromatic amines is 1. The van der Waals surface area contributed by atoms with Crippen molar-refractivity contribution in [1.82, 2.24) is 9.88 Å². The lowest BCUT2D eigenvalue weighted by atomic mass is 10.2. The maximum atomic E-state index is 13.8. The molecule has 2 aromatic carbocycles. The zero-order valence-electron chi connectivity index (χ0n) is 14.3. The molecule has 0 saturated carbocycles. The van der Waals surface area contributed by atoms with Crippen LogP contribution in [0.2, 0.25) is 10.0 Å². The number of carbonyl (C=O) groups is 2. The molecular formula is C19H15Cl2FN2O3. The van der Waals surface area contributed by atoms with Gasteiger partial charge in [-0.25, -0.2) is 9.18 Å². The summed E-state index contributed by atoms with van der Waals surface area (Å²) >= 11 is 12.1. The van der Waals surface area contributed by atoms with Crippen LogP contribution in [0.25, 0.3) is 10.9 Å². The van der Waals surface area contributed by atoms with Crippen LogP contribution < -0.4 is 0 Å². The Morgan fingerprint density at radius 2 is 1.89 bits per heavy atom. The summed E-state index contributed by atoms with van der Waals surface area (Å²) in [7, 11) is 1.47. The molecule has 3 rings (SSSR count). The molecule has 1 amide bonds. The van der Waals surface area contributed by atoms with Crippen molar-refractivity contribution in [3.05, 3.63) is 69.6 Å². The van der Waals surface area contributed by atoms with Crippen LogP contribution in [-0.4, -0.2) is 35.4 Å². The molecule has 8 heteroatoms. The minimum absolute atomic E-state index is 0.0466. The number of benzene rings is 2. The smallest absolute Gasteiger partial charge is 0.356 e. The second-order valence-electron chi connectivity index (χ2n) is 5.89. The summed E-state index contributed by atoms with van der Waals surface area (Å²) in [5, 5.41) is 1.13. The van der Waals surface area contributed by atoms with Crippen molar-refractivity contribution in [3.8, 4) is 0 Å². The average Bonchev–Trinajstić information content (AvgIpc) is 2.99. The van der Waals surface area contributed by atoms with Gasteiger partial charge in [-0.05, 0) is 18.2 Å². The van der Waals surface area contributed by atoms with E-state index in [9.17, 15) is 14.0 Å². The Morgan fingerprint density at radius 1 is 1.15 bits per heavy atom. The molecule has 1 heterocycles. The van der Waals surface area contributed by atoms with Crippen molar-refractivity contribution in [2.24, 2.45) is 0 Å². The highest BCUT2D eigenvalue weighted by molar-refractivity contribution is 6.38. The second kappa shape index (κ2) is 7.98. The number of para-hydroxylation sites is 1. The van der Waals surface area contributed by atoms with Gasteiger partial charge in [0.25, 0.3) is 5.91 Å². The third-order valence-electron chi connectivity index (χ3n) is 4.06. The lowest BCUT2D eigenvalue weighted by Gasteiger charge is -2.18. The van der Waals surface area contributed by atoms with Crippen LogP contribution in [0.3, 0.4) is 0 Å². The van der Waals surface area contributed by atoms with E-state index in [0.29, 0.717) is 10.9 Å². The topological polar surface area (TPSA) is 62.4 Å². The summed E-state index contributed by atoms with van der Waals surface area (Å²) in [5.41, 5.74) is 0.956. The number of ether oxygens (including phenoxy) is 1. The molecule has 1 N–H and O–H groups in total. The van der Waals surface area contributed by atoms with Gasteiger partial charge in [-0.2, -0.15) is 0 Å². The fourth-order valence-corrected chi connectivity index (χ4v) is 3.08. The maximum absolute atomic E-state index is 13.8. The van der Waals surface area contributed by atoms with Crippen LogP contribution in [0.1, 0.15) is 16.1 Å². The van der Waals surface area contributed by atoms with E-state index in [0.717, 1.165) is 0 Å². The number of H-pyrrole nitrogens is 1. The van der Waals surface area contributed by atoms with Crippen molar-refractivity contribution in [2.45, 2.75) is 6.54 Å². The van der Waals surface area contributed by atoms with Crippen molar-refractivity contribution >= 4 is 46.0 Å². The fraction of sp³-hybridized carbons (Fsp3) is 0.158. The van der Waals surface area contributed by atoms with E-state index >= 15 is 0 Å². The predicted molar refractivity (Wildman–Crippen MR) is 101 cm³/mol. The van der Waals surface area contributed by atoms with Gasteiger partial charge in [-0.3, -0.25) is 4.79 Å². The van der Waals surface area contributed by atoms with Gasteiger partial charge in [0.1, 0.15) is 11.5 Å². The minimum atomic E-state index is -0.748. The van der Waals surface area contributed by atoms with Gasteiger partial charge in [0.05, 0.1) is 5.02 Å². The molecule has 0 bridgehead atoms. The number of esters is 1. The lowest BCUT2D eigenvalue weighted by Crippen LogP contribution is -2.31. The number of rotatable bonds is 5. The normalized spacial score (nSPS) is 10.8. The van der Waals surface area contributed by atoms with E-state index in [2.05, 4.69) is 4.98 Å². The highest BCUT2D eigenvalue weighted by Crippen LogP contribution is 2.27. The van der Waals surface area contributed by atoms with Crippen molar-refractivity contribution in [3.63, 3.8) is 0 Å². The van der Waals surface area contributed by atoms with Crippen LogP contribution in [0.4, 0.5) is 4.39 Å². The summed E-state index contributed by atoms with van der Waals surface area (Å²) < 4.78 is 18.9. The highest BCUT2D eigenvalue weighted by Gasteiger charge is 2.20. The Hall–Kier alpha value is -2.57. The first-order valence-electron chi connectivity index (χ1n) is 7.98. The van der Waals surface area contributed by atoms with Crippen LogP contribution in [-0.2, 0) is 16.1 Å². The third kappa shape index (κ3) is 4.07. The highest BCUT2D eigenvalue weighted by atomic mass is 35.5. The number of likely N-dealkylation sites (N-methyl/N-ethyl adjacent to an activating group) is 1. The maximum Gasteiger partial charge on any atom is 0.356 e. The summed E-state index contributed by atoms with van der Waals surface area (Å²) in [5.74, 6) is -1.76. The first-order chi connectivity index (χ1) is 12.9. The monoisotopic (exact) mass is 408 g/mol. The molecule has 0 atom stereocenters. The molecule has 5 nitrogen and oxygen atoms in total. The zero-order valence-corrected chi connectivity index (χ0v) is 15.8. The summed E-state index contributed by atoms with van der Waals surface area (Å²) in [4.78, 5) is 28.5. The zero-order chi connectivity index (χ0) is 19.6. The Morgan fingerprint density at radius 3 is 2.59 bits per heavy atom. The predicted octanol–water partition coefficient (Wildman–Crippen LogP) is 4.43. The minimum Gasteiger partial charge on any atom is -0.451 e. The van der Waals surface area contributed by atoms with Gasteiger partial charge in [0.2, 0.25) is 0 Å². The van der Waals surface area contributed by atoms with Crippen molar-refractivity contribution in [2.75, 3.05) is 13.7 Å². The largest absolute Gasteiger partial charge is 0.451 e. The van der Waals surface area contributed by atoms with Crippen LogP contribution >= 0.6 is 23.2 Å². The number of hydrogen-bond donors (Lipinski definition) is 1. The van der Waals surface area contributed by atoms with E-state index < -0.39 is 24.3 Å². The van der Waals surface area contributed by atoms with Gasteiger partial charge in [0, 0.05) is 35.1 Å². The van der Waals surface area contributed by atoms with Crippen LogP contribution in [0.15, 0.2) is 42.5 Å². The molecule has 0 aliphatic carbocycles. The lowest BCUT2D eigenvalue weighted by molar-refractivity contribution is -0.133. The van der Waals surface area contributed by atoms with E-state index in [1.807, 2.05) is 0 Å². The van der Waals surface area contributed by atoms with Gasteiger partial charge >= 0.3 is 5.97 Å². The first-order valence-corrected chi connectivity index (χ1v) is 8.74. The molecule has 0 unspecified atom stereocenters. The Bertz CT molecular complexity index is 999. The standard InChI is InChI=1S/C19H15Cl2FN2O3/c1-24(9-12-13(20)6-4-7-14(12)22)16(25)10-27-19(26)18-17(21)11-5-2-3-8-15(11)23-18/h2-8,23H,9-10H2,1H3. The third-order valence-corrected chi connectivity index (χ3v) is 4.80. The molecule has 3 aromatic rings. The molecule has 1 aromatic heterocycles. The van der Waals surface area contributed by atoms with Gasteiger partial charge < -0.3 is 14.6 Å². The van der Waals surface area contributed by atoms with E-state index in [-0.39, 0.29) is 27.8 Å². The summed E-state index contributed by atoms with van der Waals surface area (Å²) in [6.45, 7) is -0.553. The number of hydrogen-bond acceptors (Lipinski definition) is 3. The SMILES string of the molecule is CN(Cc1c(F)cccc1Cl)C(=O)COC(=O)c1[nH]c2ccccc2c1Cl. The Kier molecular flexibility index (Phi) is 5.68. The Labute approximate surface area is 164 Å². The molecule has 0 aliphatic heterocycles. The molecule has 27 heavy (non-hydrogen) atoms. The fourth-order valence-electron chi connectivity index (χ4n) is 2.57. The van der Waals surface area contributed by atoms with Crippen LogP contribution in [0.5, 0.6) is 0 Å². The van der Waals surface area contributed by atoms with E-state index in [1.54, 1.807) is 24.3 Å². The van der Waals surface area contributed by atoms with Crippen LogP contribution in [0, 0.1) is 5.82 Å². The van der Waals surface area contributed by atoms with Gasteiger partial charge in [0.15, 0.2) is 6.61 Å². The number of aromatic nitrogens is 1. The van der Waals surface area contributed by atoms with Crippen molar-refractivity contribution < 1.29 is 18.7 Å². The number of amides is 1. The molecule has 0 aliphatic rings. The number of nitrogens with zero attached hydrogens (tertiary/aromatic N) is 1. The number of halogens is 3. The Balaban J connectivity index is 1.64. The number of fused-ring (bicyclic) bond motifs is 1. The number of nitrogens with one attached hydrogen (secondary N) is 1. The molecular weight excluding hydrogens is 394 g/mol. The van der Waals surface area contributed by atoms with Gasteiger partial charge in [-0.1, -0.05) is 47.5 Å². The summed E-state index contributed by atoms with van der Waals surface area (Å²) in [6, 6.07) is 11.4. The summed E-state index contributed by atoms with van der Waals surface area (Å²) in [6.07, 6.45) is 0. The quantitative estimate of drug-likeness (QED) is 0.635. The number of carbonyl (C=O) groups excluding carboxylic acids is 2. The second-order valence-corrected chi connectivity index (χ2v) is 6.67. The molecule has 0 spiro atoms. The van der Waals surface area contributed by atoms with E-state index in [4.69, 9.17) is 27.9 Å². The molecule has 140 valence electrons. The average molecular weight is 409 g/mol. The molecule has 0 saturated heterocycles. The van der Waals surface area contributed by atoms with E-state index in [1.165, 1.54) is 30.1 Å². The van der Waals surface area contributed by atoms with Gasteiger partial charge in [-0.15, -0.1) is 0 Å². The van der Waals surface area contributed by atoms with Crippen molar-refractivity contribution in [1.29, 1.82) is 0 Å². The molecule has 0 radical (unpaired) electrons. The molecule has 0 fully saturated rings.